The van der Waals surface area contributed by atoms with Crippen molar-refractivity contribution in [1.82, 2.24) is 25.6 Å². The number of carbonyl (C=O) groups is 1. The second-order valence-electron chi connectivity index (χ2n) is 6.06. The maximum atomic E-state index is 12.4. The Morgan fingerprint density at radius 1 is 1.35 bits per heavy atom. The highest BCUT2D eigenvalue weighted by Gasteiger charge is 2.22. The van der Waals surface area contributed by atoms with E-state index < -0.39 is 4.92 Å². The van der Waals surface area contributed by atoms with Crippen LogP contribution in [-0.4, -0.2) is 38.9 Å². The number of carbonyl (C=O) groups excluding carboxylic acids is 1. The van der Waals surface area contributed by atoms with Gasteiger partial charge in [-0.15, -0.1) is 17.5 Å². The molecule has 26 heavy (non-hydrogen) atoms. The number of hydrogen-bond acceptors (Lipinski definition) is 6. The smallest absolute Gasteiger partial charge is 0.274 e. The highest BCUT2D eigenvalue weighted by Crippen LogP contribution is 2.20. The van der Waals surface area contributed by atoms with Crippen molar-refractivity contribution in [3.63, 3.8) is 0 Å². The molecule has 1 aliphatic heterocycles. The van der Waals surface area contributed by atoms with Crippen molar-refractivity contribution < 1.29 is 9.72 Å². The largest absolute Gasteiger partial charge is 0.347 e. The number of hydrogen-bond donors (Lipinski definition) is 2. The van der Waals surface area contributed by atoms with Gasteiger partial charge in [0, 0.05) is 18.7 Å². The summed E-state index contributed by atoms with van der Waals surface area (Å²) in [5.41, 5.74) is 1.88. The number of nitrogens with zero attached hydrogens (tertiary/aromatic N) is 4. The maximum Gasteiger partial charge on any atom is 0.274 e. The van der Waals surface area contributed by atoms with Crippen LogP contribution in [0.4, 0.5) is 5.69 Å². The van der Waals surface area contributed by atoms with Crippen molar-refractivity contribution >= 4 is 24.0 Å². The summed E-state index contributed by atoms with van der Waals surface area (Å²) in [6.07, 6.45) is 1.93. The van der Waals surface area contributed by atoms with Crippen LogP contribution in [-0.2, 0) is 6.54 Å². The topological polar surface area (TPSA) is 115 Å². The highest BCUT2D eigenvalue weighted by molar-refractivity contribution is 5.93. The van der Waals surface area contributed by atoms with Gasteiger partial charge in [-0.05, 0) is 38.4 Å². The Bertz CT molecular complexity index is 771. The van der Waals surface area contributed by atoms with E-state index in [1.54, 1.807) is 12.1 Å². The van der Waals surface area contributed by atoms with E-state index in [0.717, 1.165) is 37.2 Å². The number of benzene rings is 1. The number of nitro groups is 1. The molecular formula is C16H21ClN6O3. The number of aromatic nitrogens is 3. The van der Waals surface area contributed by atoms with E-state index in [9.17, 15) is 14.9 Å². The molecular weight excluding hydrogens is 360 g/mol. The average molecular weight is 381 g/mol. The Balaban J connectivity index is 0.00000243. The summed E-state index contributed by atoms with van der Waals surface area (Å²) in [5.74, 6) is -0.295. The molecule has 0 unspecified atom stereocenters. The first-order valence-electron chi connectivity index (χ1n) is 8.20. The number of nitro benzene ring substituents is 1. The van der Waals surface area contributed by atoms with Gasteiger partial charge in [0.25, 0.3) is 11.6 Å². The summed E-state index contributed by atoms with van der Waals surface area (Å²) in [6, 6.07) is 6.35. The normalized spacial score (nSPS) is 14.5. The molecule has 1 aromatic carbocycles. The zero-order valence-electron chi connectivity index (χ0n) is 14.3. The lowest BCUT2D eigenvalue weighted by molar-refractivity contribution is -0.384. The molecule has 10 heteroatoms. The summed E-state index contributed by atoms with van der Waals surface area (Å²) in [5, 5.41) is 24.9. The first-order chi connectivity index (χ1) is 12.1. The van der Waals surface area contributed by atoms with E-state index in [4.69, 9.17) is 0 Å². The number of amides is 1. The van der Waals surface area contributed by atoms with Crippen LogP contribution in [0.3, 0.4) is 0 Å². The van der Waals surface area contributed by atoms with Crippen LogP contribution < -0.4 is 10.6 Å². The predicted octanol–water partition coefficient (Wildman–Crippen LogP) is 1.77. The van der Waals surface area contributed by atoms with Gasteiger partial charge in [0.1, 0.15) is 0 Å². The lowest BCUT2D eigenvalue weighted by Gasteiger charge is -2.23. The molecule has 1 aromatic heterocycles. The van der Waals surface area contributed by atoms with Gasteiger partial charge in [-0.25, -0.2) is 4.68 Å². The van der Waals surface area contributed by atoms with Crippen molar-refractivity contribution in [1.29, 1.82) is 0 Å². The van der Waals surface area contributed by atoms with E-state index in [-0.39, 0.29) is 36.6 Å². The van der Waals surface area contributed by atoms with Gasteiger partial charge in [-0.1, -0.05) is 17.3 Å². The number of halogens is 1. The average Bonchev–Trinajstić information content (AvgIpc) is 3.02. The van der Waals surface area contributed by atoms with E-state index in [0.29, 0.717) is 5.69 Å². The lowest BCUT2D eigenvalue weighted by Crippen LogP contribution is -2.30. The summed E-state index contributed by atoms with van der Waals surface area (Å²) in [4.78, 5) is 22.6. The fourth-order valence-electron chi connectivity index (χ4n) is 2.95. The monoisotopic (exact) mass is 380 g/mol. The van der Waals surface area contributed by atoms with Gasteiger partial charge >= 0.3 is 0 Å². The fraction of sp³-hybridized carbons (Fsp3) is 0.438. The number of rotatable bonds is 5. The molecule has 0 radical (unpaired) electrons. The van der Waals surface area contributed by atoms with Gasteiger partial charge in [-0.2, -0.15) is 0 Å². The second kappa shape index (κ2) is 8.72. The van der Waals surface area contributed by atoms with Crippen LogP contribution in [0.2, 0.25) is 0 Å². The molecule has 0 bridgehead atoms. The molecule has 1 amide bonds. The summed E-state index contributed by atoms with van der Waals surface area (Å²) < 4.78 is 1.83. The molecule has 0 atom stereocenters. The van der Waals surface area contributed by atoms with Crippen LogP contribution in [0, 0.1) is 17.0 Å². The second-order valence-corrected chi connectivity index (χ2v) is 6.06. The van der Waals surface area contributed by atoms with E-state index >= 15 is 0 Å². The minimum atomic E-state index is -0.454. The summed E-state index contributed by atoms with van der Waals surface area (Å²) in [7, 11) is 0. The first-order valence-corrected chi connectivity index (χ1v) is 8.20. The van der Waals surface area contributed by atoms with Crippen LogP contribution >= 0.6 is 12.4 Å². The summed E-state index contributed by atoms with van der Waals surface area (Å²) in [6.45, 7) is 4.00. The minimum absolute atomic E-state index is 0. The molecule has 9 nitrogen and oxygen atoms in total. The van der Waals surface area contributed by atoms with Gasteiger partial charge in [0.15, 0.2) is 5.69 Å². The van der Waals surface area contributed by atoms with Crippen LogP contribution in [0.1, 0.15) is 40.6 Å². The maximum absolute atomic E-state index is 12.4. The Labute approximate surface area is 156 Å². The Morgan fingerprint density at radius 3 is 2.62 bits per heavy atom. The van der Waals surface area contributed by atoms with E-state index in [2.05, 4.69) is 20.9 Å². The summed E-state index contributed by atoms with van der Waals surface area (Å²) >= 11 is 0. The van der Waals surface area contributed by atoms with Gasteiger partial charge in [0.2, 0.25) is 0 Å². The number of piperidine rings is 1. The first kappa shape index (κ1) is 19.8. The molecule has 1 aliphatic rings. The van der Waals surface area contributed by atoms with E-state index in [1.165, 1.54) is 12.1 Å². The minimum Gasteiger partial charge on any atom is -0.347 e. The molecule has 3 rings (SSSR count). The fourth-order valence-corrected chi connectivity index (χ4v) is 2.95. The van der Waals surface area contributed by atoms with Crippen molar-refractivity contribution in [3.8, 4) is 0 Å². The molecule has 1 fully saturated rings. The van der Waals surface area contributed by atoms with Gasteiger partial charge in [-0.3, -0.25) is 14.9 Å². The molecule has 2 aromatic rings. The molecule has 0 saturated carbocycles. The number of nitrogens with one attached hydrogen (secondary N) is 2. The SMILES string of the molecule is Cc1c(C(=O)NCc2ccc([N+](=O)[O-])cc2)nnn1C1CCNCC1.Cl. The standard InChI is InChI=1S/C16H20N6O3.ClH/c1-11-15(19-20-21(11)13-6-8-17-9-7-13)16(23)18-10-12-2-4-14(5-3-12)22(24)25;/h2-5,13,17H,6-10H2,1H3,(H,18,23);1H. The third-order valence-corrected chi connectivity index (χ3v) is 4.40. The lowest BCUT2D eigenvalue weighted by atomic mass is 10.1. The van der Waals surface area contributed by atoms with Crippen LogP contribution in [0.25, 0.3) is 0 Å². The van der Waals surface area contributed by atoms with Crippen LogP contribution in [0.5, 0.6) is 0 Å². The zero-order chi connectivity index (χ0) is 17.8. The quantitative estimate of drug-likeness (QED) is 0.603. The Morgan fingerprint density at radius 2 is 2.00 bits per heavy atom. The molecule has 0 spiro atoms. The predicted molar refractivity (Wildman–Crippen MR) is 97.4 cm³/mol. The highest BCUT2D eigenvalue weighted by atomic mass is 35.5. The third-order valence-electron chi connectivity index (χ3n) is 4.40. The van der Waals surface area contributed by atoms with E-state index in [1.807, 2.05) is 11.6 Å². The van der Waals surface area contributed by atoms with Gasteiger partial charge in [0.05, 0.1) is 16.7 Å². The Kier molecular flexibility index (Phi) is 6.64. The van der Waals surface area contributed by atoms with Gasteiger partial charge < -0.3 is 10.6 Å². The van der Waals surface area contributed by atoms with Crippen LogP contribution in [0.15, 0.2) is 24.3 Å². The molecule has 1 saturated heterocycles. The number of non-ortho nitro benzene ring substituents is 1. The Hall–Kier alpha value is -2.52. The zero-order valence-corrected chi connectivity index (χ0v) is 15.2. The van der Waals surface area contributed by atoms with Crippen molar-refractivity contribution in [2.45, 2.75) is 32.4 Å². The molecule has 2 N–H and O–H groups in total. The molecule has 140 valence electrons. The van der Waals surface area contributed by atoms with Crippen molar-refractivity contribution in [2.24, 2.45) is 0 Å². The van der Waals surface area contributed by atoms with Crippen molar-refractivity contribution in [2.75, 3.05) is 13.1 Å². The molecule has 0 aliphatic carbocycles. The third kappa shape index (κ3) is 4.36. The van der Waals surface area contributed by atoms with Crippen molar-refractivity contribution in [3.05, 3.63) is 51.3 Å². The molecule has 2 heterocycles.